The highest BCUT2D eigenvalue weighted by atomic mass is 16.5. The second-order valence-corrected chi connectivity index (χ2v) is 7.80. The van der Waals surface area contributed by atoms with Crippen LogP contribution in [0.1, 0.15) is 43.2 Å². The summed E-state index contributed by atoms with van der Waals surface area (Å²) in [4.78, 5) is 32.6. The molecule has 0 aliphatic rings. The highest BCUT2D eigenvalue weighted by Crippen LogP contribution is 2.21. The van der Waals surface area contributed by atoms with Crippen LogP contribution in [0.3, 0.4) is 0 Å². The van der Waals surface area contributed by atoms with Gasteiger partial charge in [-0.25, -0.2) is 14.6 Å². The molecule has 1 heterocycles. The van der Waals surface area contributed by atoms with E-state index in [1.807, 2.05) is 36.4 Å². The number of aryl methyl sites for hydroxylation is 2. The Kier molecular flexibility index (Phi) is 7.34. The van der Waals surface area contributed by atoms with Crippen LogP contribution in [0, 0.1) is 0 Å². The van der Waals surface area contributed by atoms with Crippen molar-refractivity contribution >= 4 is 23.0 Å². The van der Waals surface area contributed by atoms with Gasteiger partial charge in [0.15, 0.2) is 0 Å². The summed E-state index contributed by atoms with van der Waals surface area (Å²) < 4.78 is 15.6. The maximum absolute atomic E-state index is 12.4. The summed E-state index contributed by atoms with van der Waals surface area (Å²) >= 11 is 0. The molecule has 0 aliphatic heterocycles. The van der Waals surface area contributed by atoms with Crippen LogP contribution in [0.4, 0.5) is 0 Å². The highest BCUT2D eigenvalue weighted by molar-refractivity contribution is 6.04. The van der Waals surface area contributed by atoms with Gasteiger partial charge in [-0.15, -0.1) is 0 Å². The highest BCUT2D eigenvalue weighted by Gasteiger charge is 2.22. The number of rotatable bonds is 9. The van der Waals surface area contributed by atoms with Crippen molar-refractivity contribution in [3.05, 3.63) is 100 Å². The third-order valence-electron chi connectivity index (χ3n) is 5.60. The molecule has 7 nitrogen and oxygen atoms in total. The molecule has 0 atom stereocenters. The van der Waals surface area contributed by atoms with Crippen LogP contribution in [0.5, 0.6) is 0 Å². The molecule has 174 valence electrons. The first-order chi connectivity index (χ1) is 16.6. The fourth-order valence-electron chi connectivity index (χ4n) is 3.90. The quantitative estimate of drug-likeness (QED) is 0.368. The Morgan fingerprint density at radius 1 is 0.794 bits per heavy atom. The molecule has 0 amide bonds. The first-order valence-corrected chi connectivity index (χ1v) is 11.0. The van der Waals surface area contributed by atoms with Crippen LogP contribution in [-0.2, 0) is 40.3 Å². The van der Waals surface area contributed by atoms with Gasteiger partial charge in [0, 0.05) is 12.0 Å². The molecule has 0 fully saturated rings. The fraction of sp³-hybridized carbons (Fsp3) is 0.222. The lowest BCUT2D eigenvalue weighted by Crippen LogP contribution is -2.15. The van der Waals surface area contributed by atoms with E-state index in [9.17, 15) is 9.59 Å². The van der Waals surface area contributed by atoms with Crippen LogP contribution >= 0.6 is 0 Å². The molecule has 1 aromatic heterocycles. The van der Waals surface area contributed by atoms with Crippen molar-refractivity contribution < 1.29 is 23.8 Å². The van der Waals surface area contributed by atoms with Gasteiger partial charge in [-0.05, 0) is 29.7 Å². The molecule has 0 radical (unpaired) electrons. The van der Waals surface area contributed by atoms with Gasteiger partial charge in [0.25, 0.3) is 0 Å². The van der Waals surface area contributed by atoms with Gasteiger partial charge < -0.3 is 19.2 Å². The van der Waals surface area contributed by atoms with Crippen molar-refractivity contribution in [3.63, 3.8) is 0 Å². The smallest absolute Gasteiger partial charge is 0.339 e. The lowest BCUT2D eigenvalue weighted by atomic mass is 10.0. The first-order valence-electron chi connectivity index (χ1n) is 11.0. The summed E-state index contributed by atoms with van der Waals surface area (Å²) in [5, 5.41) is 0. The summed E-state index contributed by atoms with van der Waals surface area (Å²) in [6, 6.07) is 21.2. The Morgan fingerprint density at radius 2 is 1.50 bits per heavy atom. The number of aromatic nitrogens is 2. The summed E-state index contributed by atoms with van der Waals surface area (Å²) in [6.45, 7) is 0.417. The zero-order valence-electron chi connectivity index (χ0n) is 19.2. The van der Waals surface area contributed by atoms with Crippen LogP contribution in [0.2, 0.25) is 0 Å². The van der Waals surface area contributed by atoms with Crippen molar-refractivity contribution in [2.24, 2.45) is 0 Å². The van der Waals surface area contributed by atoms with Crippen LogP contribution in [-0.4, -0.2) is 36.1 Å². The molecule has 0 bridgehead atoms. The van der Waals surface area contributed by atoms with Gasteiger partial charge in [0.1, 0.15) is 5.82 Å². The Bertz CT molecular complexity index is 1300. The second kappa shape index (κ2) is 10.8. The van der Waals surface area contributed by atoms with Crippen molar-refractivity contribution in [2.45, 2.75) is 26.1 Å². The first kappa shape index (κ1) is 23.2. The molecule has 4 rings (SSSR count). The monoisotopic (exact) mass is 458 g/mol. The molecule has 0 saturated carbocycles. The van der Waals surface area contributed by atoms with Crippen LogP contribution < -0.4 is 0 Å². The van der Waals surface area contributed by atoms with Gasteiger partial charge in [-0.1, -0.05) is 54.6 Å². The number of nitrogens with zero attached hydrogens (tertiary/aromatic N) is 1. The third kappa shape index (κ3) is 5.15. The number of carbonyl (C=O) groups is 2. The van der Waals surface area contributed by atoms with E-state index in [2.05, 4.69) is 17.1 Å². The molecule has 4 aromatic rings. The Morgan fingerprint density at radius 3 is 2.26 bits per heavy atom. The molecule has 0 aliphatic carbocycles. The molecule has 3 aromatic carbocycles. The number of nitrogens with one attached hydrogen (secondary N) is 1. The van der Waals surface area contributed by atoms with E-state index in [-0.39, 0.29) is 17.7 Å². The minimum Gasteiger partial charge on any atom is -0.465 e. The average molecular weight is 459 g/mol. The molecule has 1 N–H and O–H groups in total. The normalized spacial score (nSPS) is 10.9. The van der Waals surface area contributed by atoms with Gasteiger partial charge in [0.2, 0.25) is 0 Å². The number of benzene rings is 3. The number of H-pyrrole nitrogens is 1. The number of carbonyl (C=O) groups excluding carboxylic acids is 2. The van der Waals surface area contributed by atoms with E-state index in [4.69, 9.17) is 19.2 Å². The SMILES string of the molecule is COC(=O)c1cccc(COCc2cccc3[nH]c(CCc4ccccc4)nc23)c1C(=O)OC. The van der Waals surface area contributed by atoms with Crippen molar-refractivity contribution in [2.75, 3.05) is 14.2 Å². The van der Waals surface area contributed by atoms with Gasteiger partial charge >= 0.3 is 11.9 Å². The topological polar surface area (TPSA) is 90.5 Å². The molecule has 0 unspecified atom stereocenters. The van der Waals surface area contributed by atoms with Gasteiger partial charge in [-0.3, -0.25) is 0 Å². The number of methoxy groups -OCH3 is 2. The number of esters is 2. The van der Waals surface area contributed by atoms with Crippen molar-refractivity contribution in [1.82, 2.24) is 9.97 Å². The predicted molar refractivity (Wildman–Crippen MR) is 128 cm³/mol. The largest absolute Gasteiger partial charge is 0.465 e. The van der Waals surface area contributed by atoms with Crippen LogP contribution in [0.15, 0.2) is 66.7 Å². The number of para-hydroxylation sites is 1. The second-order valence-electron chi connectivity index (χ2n) is 7.80. The summed E-state index contributed by atoms with van der Waals surface area (Å²) in [7, 11) is 2.54. The van der Waals surface area contributed by atoms with E-state index in [0.29, 0.717) is 12.2 Å². The number of hydrogen-bond donors (Lipinski definition) is 1. The summed E-state index contributed by atoms with van der Waals surface area (Å²) in [6.07, 6.45) is 1.71. The Balaban J connectivity index is 1.48. The maximum Gasteiger partial charge on any atom is 0.339 e. The molecule has 0 spiro atoms. The molecule has 0 saturated heterocycles. The van der Waals surface area contributed by atoms with E-state index >= 15 is 0 Å². The lowest BCUT2D eigenvalue weighted by Gasteiger charge is -2.12. The standard InChI is InChI=1S/C27H26N2O5/c1-32-26(30)21-12-6-10-19(24(21)27(31)33-2)16-34-17-20-11-7-13-22-25(20)29-23(28-22)15-14-18-8-4-3-5-9-18/h3-13H,14-17H2,1-2H3,(H,28,29). The number of imidazole rings is 1. The zero-order chi connectivity index (χ0) is 23.9. The van der Waals surface area contributed by atoms with Crippen molar-refractivity contribution in [1.29, 1.82) is 0 Å². The number of ether oxygens (including phenoxy) is 3. The van der Waals surface area contributed by atoms with E-state index in [1.54, 1.807) is 12.1 Å². The summed E-state index contributed by atoms with van der Waals surface area (Å²) in [5.74, 6) is -0.298. The average Bonchev–Trinajstić information content (AvgIpc) is 3.31. The fourth-order valence-corrected chi connectivity index (χ4v) is 3.90. The maximum atomic E-state index is 12.4. The lowest BCUT2D eigenvalue weighted by molar-refractivity contribution is 0.0547. The van der Waals surface area contributed by atoms with E-state index in [1.165, 1.54) is 25.8 Å². The van der Waals surface area contributed by atoms with Crippen LogP contribution in [0.25, 0.3) is 11.0 Å². The van der Waals surface area contributed by atoms with E-state index in [0.717, 1.165) is 35.3 Å². The number of hydrogen-bond acceptors (Lipinski definition) is 6. The number of aromatic amines is 1. The van der Waals surface area contributed by atoms with Gasteiger partial charge in [0.05, 0.1) is 49.6 Å². The molecular formula is C27H26N2O5. The Hall–Kier alpha value is -3.97. The molecular weight excluding hydrogens is 432 g/mol. The molecule has 34 heavy (non-hydrogen) atoms. The Labute approximate surface area is 197 Å². The van der Waals surface area contributed by atoms with Gasteiger partial charge in [-0.2, -0.15) is 0 Å². The minimum atomic E-state index is -0.614. The van der Waals surface area contributed by atoms with Crippen molar-refractivity contribution in [3.8, 4) is 0 Å². The van der Waals surface area contributed by atoms with E-state index < -0.39 is 11.9 Å². The minimum absolute atomic E-state index is 0.122. The zero-order valence-corrected chi connectivity index (χ0v) is 19.2. The summed E-state index contributed by atoms with van der Waals surface area (Å²) in [5.41, 5.74) is 4.86. The predicted octanol–water partition coefficient (Wildman–Crippen LogP) is 4.64. The third-order valence-corrected chi connectivity index (χ3v) is 5.60. The molecule has 7 heteroatoms. The number of fused-ring (bicyclic) bond motifs is 1.